The van der Waals surface area contributed by atoms with Gasteiger partial charge in [0.2, 0.25) is 17.7 Å². The predicted octanol–water partition coefficient (Wildman–Crippen LogP) is 3.65. The summed E-state index contributed by atoms with van der Waals surface area (Å²) in [6.07, 6.45) is 2.86. The van der Waals surface area contributed by atoms with Gasteiger partial charge in [0.15, 0.2) is 5.76 Å². The van der Waals surface area contributed by atoms with Crippen LogP contribution in [0.15, 0.2) is 100 Å². The van der Waals surface area contributed by atoms with Gasteiger partial charge in [0.1, 0.15) is 11.8 Å². The Morgan fingerprint density at radius 2 is 1.53 bits per heavy atom. The van der Waals surface area contributed by atoms with Crippen LogP contribution in [0.2, 0.25) is 0 Å². The molecule has 4 amide bonds. The monoisotopic (exact) mass is 514 g/mol. The average molecular weight is 515 g/mol. The van der Waals surface area contributed by atoms with Crippen LogP contribution in [0.3, 0.4) is 0 Å². The van der Waals surface area contributed by atoms with Gasteiger partial charge in [-0.05, 0) is 54.1 Å². The normalized spacial score (nSPS) is 11.3. The summed E-state index contributed by atoms with van der Waals surface area (Å²) in [6, 6.07) is 20.7. The smallest absolute Gasteiger partial charge is 0.287 e. The first-order valence-corrected chi connectivity index (χ1v) is 11.8. The Kier molecular flexibility index (Phi) is 8.35. The molecule has 0 saturated carbocycles. The molecule has 0 aliphatic rings. The van der Waals surface area contributed by atoms with Crippen LogP contribution in [0.25, 0.3) is 0 Å². The largest absolute Gasteiger partial charge is 0.467 e. The molecule has 2 aromatic heterocycles. The highest BCUT2D eigenvalue weighted by Crippen LogP contribution is 2.29. The molecule has 194 valence electrons. The van der Waals surface area contributed by atoms with Gasteiger partial charge in [-0.25, -0.2) is 0 Å². The van der Waals surface area contributed by atoms with E-state index in [1.54, 1.807) is 72.8 Å². The molecule has 0 unspecified atom stereocenters. The number of carbonyl (C=O) groups is 4. The first kappa shape index (κ1) is 26.0. The number of anilines is 2. The molecular weight excluding hydrogens is 488 g/mol. The number of hydrogen-bond donors (Lipinski definition) is 3. The molecule has 0 aliphatic heterocycles. The van der Waals surface area contributed by atoms with Crippen LogP contribution < -0.4 is 20.9 Å². The highest BCUT2D eigenvalue weighted by atomic mass is 16.3. The summed E-state index contributed by atoms with van der Waals surface area (Å²) in [5.41, 5.74) is 1.47. The molecule has 10 heteroatoms. The predicted molar refractivity (Wildman–Crippen MR) is 139 cm³/mol. The van der Waals surface area contributed by atoms with Crippen molar-refractivity contribution in [3.8, 4) is 0 Å². The molecule has 0 aliphatic carbocycles. The third kappa shape index (κ3) is 6.55. The Bertz CT molecular complexity index is 1370. The van der Waals surface area contributed by atoms with Crippen LogP contribution in [0.5, 0.6) is 0 Å². The lowest BCUT2D eigenvalue weighted by Gasteiger charge is -2.31. The lowest BCUT2D eigenvalue weighted by atomic mass is 10.0. The molecule has 2 aromatic carbocycles. The second-order valence-electron chi connectivity index (χ2n) is 8.26. The minimum absolute atomic E-state index is 0.0554. The number of nitrogens with one attached hydrogen (secondary N) is 3. The van der Waals surface area contributed by atoms with Gasteiger partial charge in [0.25, 0.3) is 5.91 Å². The standard InChI is InChI=1S/C28H26N4O6/c1-19(33)31-21-11-13-22(14-12-21)32(25(34)18-30-27(35)24-10-6-16-38-24)26(20-7-3-2-4-8-20)28(36)29-17-23-9-5-15-37-23/h2-16,26H,17-18H2,1H3,(H,29,36)(H,30,35)(H,31,33)/t26-/m0/s1. The maximum absolute atomic E-state index is 13.6. The van der Waals surface area contributed by atoms with E-state index in [9.17, 15) is 19.2 Å². The second-order valence-corrected chi connectivity index (χ2v) is 8.26. The zero-order valence-electron chi connectivity index (χ0n) is 20.5. The fraction of sp³-hybridized carbons (Fsp3) is 0.143. The third-order valence-corrected chi connectivity index (χ3v) is 5.52. The number of hydrogen-bond acceptors (Lipinski definition) is 6. The van der Waals surface area contributed by atoms with Crippen molar-refractivity contribution in [3.63, 3.8) is 0 Å². The number of nitrogens with zero attached hydrogens (tertiary/aromatic N) is 1. The van der Waals surface area contributed by atoms with E-state index in [4.69, 9.17) is 8.83 Å². The first-order valence-electron chi connectivity index (χ1n) is 11.8. The molecule has 4 rings (SSSR count). The Morgan fingerprint density at radius 3 is 2.16 bits per heavy atom. The number of rotatable bonds is 10. The minimum Gasteiger partial charge on any atom is -0.467 e. The summed E-state index contributed by atoms with van der Waals surface area (Å²) in [6.45, 7) is 1.11. The van der Waals surface area contributed by atoms with E-state index >= 15 is 0 Å². The Hall–Kier alpha value is -5.12. The molecule has 0 spiro atoms. The maximum Gasteiger partial charge on any atom is 0.287 e. The number of carbonyl (C=O) groups excluding carboxylic acids is 4. The average Bonchev–Trinajstić information content (AvgIpc) is 3.64. The van der Waals surface area contributed by atoms with Crippen molar-refractivity contribution < 1.29 is 28.0 Å². The first-order chi connectivity index (χ1) is 18.4. The molecular formula is C28H26N4O6. The number of benzene rings is 2. The molecule has 0 saturated heterocycles. The lowest BCUT2D eigenvalue weighted by molar-refractivity contribution is -0.126. The quantitative estimate of drug-likeness (QED) is 0.296. The van der Waals surface area contributed by atoms with Crippen molar-refractivity contribution >= 4 is 35.0 Å². The zero-order valence-corrected chi connectivity index (χ0v) is 20.5. The van der Waals surface area contributed by atoms with Crippen LogP contribution in [-0.4, -0.2) is 30.2 Å². The van der Waals surface area contributed by atoms with Crippen molar-refractivity contribution in [1.82, 2.24) is 10.6 Å². The molecule has 2 heterocycles. The van der Waals surface area contributed by atoms with Crippen molar-refractivity contribution in [2.75, 3.05) is 16.8 Å². The summed E-state index contributed by atoms with van der Waals surface area (Å²) in [5.74, 6) is -1.20. The van der Waals surface area contributed by atoms with E-state index in [1.807, 2.05) is 0 Å². The summed E-state index contributed by atoms with van der Waals surface area (Å²) in [4.78, 5) is 52.4. The van der Waals surface area contributed by atoms with Crippen LogP contribution in [0, 0.1) is 0 Å². The van der Waals surface area contributed by atoms with Gasteiger partial charge in [-0.2, -0.15) is 0 Å². The Labute approximate surface area is 218 Å². The van der Waals surface area contributed by atoms with Gasteiger partial charge >= 0.3 is 0 Å². The van der Waals surface area contributed by atoms with Crippen LogP contribution in [0.1, 0.15) is 34.8 Å². The van der Waals surface area contributed by atoms with E-state index in [-0.39, 0.29) is 18.2 Å². The molecule has 1 atom stereocenters. The van der Waals surface area contributed by atoms with E-state index in [2.05, 4.69) is 16.0 Å². The highest BCUT2D eigenvalue weighted by molar-refractivity contribution is 6.04. The molecule has 10 nitrogen and oxygen atoms in total. The van der Waals surface area contributed by atoms with Crippen molar-refractivity contribution in [2.24, 2.45) is 0 Å². The minimum atomic E-state index is -1.08. The summed E-state index contributed by atoms with van der Waals surface area (Å²) < 4.78 is 10.4. The van der Waals surface area contributed by atoms with E-state index < -0.39 is 30.3 Å². The van der Waals surface area contributed by atoms with Gasteiger partial charge < -0.3 is 24.8 Å². The molecule has 0 bridgehead atoms. The molecule has 3 N–H and O–H groups in total. The molecule has 4 aromatic rings. The second kappa shape index (κ2) is 12.2. The van der Waals surface area contributed by atoms with Gasteiger partial charge in [-0.15, -0.1) is 0 Å². The Morgan fingerprint density at radius 1 is 0.816 bits per heavy atom. The van der Waals surface area contributed by atoms with Gasteiger partial charge in [-0.3, -0.25) is 24.1 Å². The number of amides is 4. The van der Waals surface area contributed by atoms with E-state index in [1.165, 1.54) is 30.4 Å². The summed E-state index contributed by atoms with van der Waals surface area (Å²) in [5, 5.41) is 8.05. The molecule has 0 fully saturated rings. The van der Waals surface area contributed by atoms with Gasteiger partial charge in [0, 0.05) is 18.3 Å². The fourth-order valence-corrected chi connectivity index (χ4v) is 3.82. The van der Waals surface area contributed by atoms with Gasteiger partial charge in [0.05, 0.1) is 25.6 Å². The van der Waals surface area contributed by atoms with Crippen LogP contribution >= 0.6 is 0 Å². The SMILES string of the molecule is CC(=O)Nc1ccc(N(C(=O)CNC(=O)c2ccco2)[C@H](C(=O)NCc2ccco2)c2ccccc2)cc1. The summed E-state index contributed by atoms with van der Waals surface area (Å²) >= 11 is 0. The fourth-order valence-electron chi connectivity index (χ4n) is 3.82. The van der Waals surface area contributed by atoms with E-state index in [0.717, 1.165) is 0 Å². The lowest BCUT2D eigenvalue weighted by Crippen LogP contribution is -2.47. The van der Waals surface area contributed by atoms with Crippen molar-refractivity contribution in [3.05, 3.63) is 108 Å². The van der Waals surface area contributed by atoms with Gasteiger partial charge in [-0.1, -0.05) is 30.3 Å². The zero-order chi connectivity index (χ0) is 26.9. The van der Waals surface area contributed by atoms with Crippen molar-refractivity contribution in [1.29, 1.82) is 0 Å². The highest BCUT2D eigenvalue weighted by Gasteiger charge is 2.33. The third-order valence-electron chi connectivity index (χ3n) is 5.52. The van der Waals surface area contributed by atoms with E-state index in [0.29, 0.717) is 22.7 Å². The number of furan rings is 2. The van der Waals surface area contributed by atoms with Crippen LogP contribution in [0.4, 0.5) is 11.4 Å². The molecule has 0 radical (unpaired) electrons. The van der Waals surface area contributed by atoms with Crippen molar-refractivity contribution in [2.45, 2.75) is 19.5 Å². The Balaban J connectivity index is 1.66. The molecule has 38 heavy (non-hydrogen) atoms. The summed E-state index contributed by atoms with van der Waals surface area (Å²) in [7, 11) is 0. The maximum atomic E-state index is 13.6. The topological polar surface area (TPSA) is 134 Å². The van der Waals surface area contributed by atoms with Crippen LogP contribution in [-0.2, 0) is 20.9 Å².